The van der Waals surface area contributed by atoms with E-state index in [4.69, 9.17) is 4.42 Å². The Morgan fingerprint density at radius 3 is 3.00 bits per heavy atom. The summed E-state index contributed by atoms with van der Waals surface area (Å²) < 4.78 is 7.33. The molecule has 3 nitrogen and oxygen atoms in total. The summed E-state index contributed by atoms with van der Waals surface area (Å²) in [5.41, 5.74) is 3.68. The molecule has 18 heavy (non-hydrogen) atoms. The molecule has 2 heterocycles. The summed E-state index contributed by atoms with van der Waals surface area (Å²) in [6.45, 7) is 5.25. The van der Waals surface area contributed by atoms with Crippen LogP contribution >= 0.6 is 0 Å². The highest BCUT2D eigenvalue weighted by Crippen LogP contribution is 2.41. The third-order valence-corrected chi connectivity index (χ3v) is 3.80. The first-order valence-electron chi connectivity index (χ1n) is 6.42. The van der Waals surface area contributed by atoms with Gasteiger partial charge >= 0.3 is 0 Å². The Balaban J connectivity index is 1.94. The topological polar surface area (TPSA) is 38.3 Å². The molecule has 2 aromatic heterocycles. The Morgan fingerprint density at radius 1 is 1.44 bits per heavy atom. The summed E-state index contributed by atoms with van der Waals surface area (Å²) in [4.78, 5) is 0. The second-order valence-corrected chi connectivity index (χ2v) is 6.04. The van der Waals surface area contributed by atoms with Gasteiger partial charge in [0.2, 0.25) is 0 Å². The first kappa shape index (κ1) is 11.6. The lowest BCUT2D eigenvalue weighted by Crippen LogP contribution is -2.26. The number of hydrogen-bond acceptors (Lipinski definition) is 2. The van der Waals surface area contributed by atoms with E-state index in [0.717, 1.165) is 30.5 Å². The van der Waals surface area contributed by atoms with E-state index in [9.17, 15) is 5.11 Å². The highest BCUT2D eigenvalue weighted by molar-refractivity contribution is 5.30. The van der Waals surface area contributed by atoms with Gasteiger partial charge < -0.3 is 14.1 Å². The average molecular weight is 245 g/mol. The molecule has 1 atom stereocenters. The van der Waals surface area contributed by atoms with Crippen molar-refractivity contribution in [2.75, 3.05) is 0 Å². The highest BCUT2D eigenvalue weighted by atomic mass is 16.3. The number of aliphatic hydroxyl groups is 1. The van der Waals surface area contributed by atoms with Crippen molar-refractivity contribution < 1.29 is 9.52 Å². The smallest absolute Gasteiger partial charge is 0.0952 e. The van der Waals surface area contributed by atoms with Gasteiger partial charge in [-0.25, -0.2) is 0 Å². The quantitative estimate of drug-likeness (QED) is 0.882. The normalized spacial score (nSPS) is 21.8. The van der Waals surface area contributed by atoms with Crippen molar-refractivity contribution in [3.05, 3.63) is 47.7 Å². The summed E-state index contributed by atoms with van der Waals surface area (Å²) in [5.74, 6) is 0. The van der Waals surface area contributed by atoms with Gasteiger partial charge in [0.15, 0.2) is 0 Å². The van der Waals surface area contributed by atoms with Gasteiger partial charge in [-0.2, -0.15) is 0 Å². The third kappa shape index (κ3) is 1.99. The molecule has 1 aliphatic carbocycles. The van der Waals surface area contributed by atoms with E-state index in [1.807, 2.05) is 6.07 Å². The van der Waals surface area contributed by atoms with E-state index in [2.05, 4.69) is 30.7 Å². The van der Waals surface area contributed by atoms with Crippen LogP contribution < -0.4 is 0 Å². The molecule has 3 rings (SSSR count). The Labute approximate surface area is 107 Å². The number of aromatic nitrogens is 1. The molecule has 0 spiro atoms. The van der Waals surface area contributed by atoms with Crippen LogP contribution in [0, 0.1) is 5.41 Å². The SMILES string of the molecule is CC1(C)Cc2c(ccn2Cc2ccoc2)C(O)C1. The average Bonchev–Trinajstić information content (AvgIpc) is 2.88. The maximum absolute atomic E-state index is 10.2. The highest BCUT2D eigenvalue weighted by Gasteiger charge is 2.33. The summed E-state index contributed by atoms with van der Waals surface area (Å²) in [7, 11) is 0. The number of rotatable bonds is 2. The molecule has 1 N–H and O–H groups in total. The lowest BCUT2D eigenvalue weighted by Gasteiger charge is -2.33. The van der Waals surface area contributed by atoms with Gasteiger partial charge in [0, 0.05) is 23.0 Å². The largest absolute Gasteiger partial charge is 0.472 e. The zero-order chi connectivity index (χ0) is 12.8. The molecular weight excluding hydrogens is 226 g/mol. The minimum atomic E-state index is -0.325. The van der Waals surface area contributed by atoms with Crippen LogP contribution in [-0.2, 0) is 13.0 Å². The fourth-order valence-corrected chi connectivity index (χ4v) is 2.92. The third-order valence-electron chi connectivity index (χ3n) is 3.80. The number of nitrogens with zero attached hydrogens (tertiary/aromatic N) is 1. The number of furan rings is 1. The standard InChI is InChI=1S/C15H19NO2/c1-15(2)7-13-12(14(17)8-15)3-5-16(13)9-11-4-6-18-10-11/h3-6,10,14,17H,7-9H2,1-2H3. The number of fused-ring (bicyclic) bond motifs is 1. The Hall–Kier alpha value is -1.48. The van der Waals surface area contributed by atoms with Gasteiger partial charge in [-0.15, -0.1) is 0 Å². The van der Waals surface area contributed by atoms with Gasteiger partial charge in [-0.1, -0.05) is 13.8 Å². The summed E-state index contributed by atoms with van der Waals surface area (Å²) >= 11 is 0. The maximum Gasteiger partial charge on any atom is 0.0952 e. The van der Waals surface area contributed by atoms with Gasteiger partial charge in [0.1, 0.15) is 0 Å². The minimum Gasteiger partial charge on any atom is -0.472 e. The van der Waals surface area contributed by atoms with Gasteiger partial charge in [0.25, 0.3) is 0 Å². The molecule has 0 fully saturated rings. The Morgan fingerprint density at radius 2 is 2.28 bits per heavy atom. The lowest BCUT2D eigenvalue weighted by molar-refractivity contribution is 0.0981. The zero-order valence-corrected chi connectivity index (χ0v) is 10.9. The molecule has 0 saturated heterocycles. The van der Waals surface area contributed by atoms with E-state index >= 15 is 0 Å². The van der Waals surface area contributed by atoms with Crippen molar-refractivity contribution in [1.82, 2.24) is 4.57 Å². The van der Waals surface area contributed by atoms with E-state index in [1.165, 1.54) is 5.69 Å². The van der Waals surface area contributed by atoms with Crippen molar-refractivity contribution in [2.24, 2.45) is 5.41 Å². The summed E-state index contributed by atoms with van der Waals surface area (Å²) in [5, 5.41) is 10.2. The van der Waals surface area contributed by atoms with Crippen LogP contribution in [0.25, 0.3) is 0 Å². The van der Waals surface area contributed by atoms with Crippen molar-refractivity contribution >= 4 is 0 Å². The van der Waals surface area contributed by atoms with Gasteiger partial charge in [0.05, 0.1) is 25.2 Å². The van der Waals surface area contributed by atoms with Crippen LogP contribution in [0.2, 0.25) is 0 Å². The number of hydrogen-bond donors (Lipinski definition) is 1. The van der Waals surface area contributed by atoms with Gasteiger partial charge in [-0.3, -0.25) is 0 Å². The van der Waals surface area contributed by atoms with E-state index in [0.29, 0.717) is 0 Å². The van der Waals surface area contributed by atoms with Crippen LogP contribution in [0.1, 0.15) is 43.2 Å². The monoisotopic (exact) mass is 245 g/mol. The molecule has 3 heteroatoms. The van der Waals surface area contributed by atoms with E-state index in [1.54, 1.807) is 12.5 Å². The van der Waals surface area contributed by atoms with Crippen molar-refractivity contribution in [3.8, 4) is 0 Å². The predicted molar refractivity (Wildman–Crippen MR) is 69.3 cm³/mol. The number of aliphatic hydroxyl groups excluding tert-OH is 1. The van der Waals surface area contributed by atoms with Crippen LogP contribution in [0.4, 0.5) is 0 Å². The van der Waals surface area contributed by atoms with E-state index in [-0.39, 0.29) is 11.5 Å². The van der Waals surface area contributed by atoms with Crippen molar-refractivity contribution in [2.45, 2.75) is 39.3 Å². The molecule has 2 aromatic rings. The molecule has 1 aliphatic rings. The van der Waals surface area contributed by atoms with Crippen LogP contribution in [0.5, 0.6) is 0 Å². The van der Waals surface area contributed by atoms with Crippen LogP contribution in [-0.4, -0.2) is 9.67 Å². The predicted octanol–water partition coefficient (Wildman–Crippen LogP) is 3.14. The molecule has 0 aliphatic heterocycles. The first-order valence-corrected chi connectivity index (χ1v) is 6.42. The van der Waals surface area contributed by atoms with Crippen LogP contribution in [0.15, 0.2) is 35.3 Å². The zero-order valence-electron chi connectivity index (χ0n) is 10.9. The molecule has 0 aromatic carbocycles. The molecular formula is C15H19NO2. The van der Waals surface area contributed by atoms with Gasteiger partial charge in [-0.05, 0) is 30.4 Å². The first-order chi connectivity index (χ1) is 8.55. The lowest BCUT2D eigenvalue weighted by atomic mass is 9.75. The molecule has 0 amide bonds. The molecule has 0 bridgehead atoms. The fourth-order valence-electron chi connectivity index (χ4n) is 2.92. The second kappa shape index (κ2) is 4.02. The minimum absolute atomic E-state index is 0.166. The Kier molecular flexibility index (Phi) is 2.59. The second-order valence-electron chi connectivity index (χ2n) is 6.04. The van der Waals surface area contributed by atoms with E-state index < -0.39 is 0 Å². The molecule has 1 unspecified atom stereocenters. The Bertz CT molecular complexity index is 537. The summed E-state index contributed by atoms with van der Waals surface area (Å²) in [6, 6.07) is 4.03. The molecule has 0 radical (unpaired) electrons. The van der Waals surface area contributed by atoms with Crippen molar-refractivity contribution in [3.63, 3.8) is 0 Å². The molecule has 96 valence electrons. The fraction of sp³-hybridized carbons (Fsp3) is 0.467. The molecule has 0 saturated carbocycles. The van der Waals surface area contributed by atoms with Crippen molar-refractivity contribution in [1.29, 1.82) is 0 Å². The summed E-state index contributed by atoms with van der Waals surface area (Å²) in [6.07, 6.45) is 7.08. The maximum atomic E-state index is 10.2. The van der Waals surface area contributed by atoms with Crippen LogP contribution in [0.3, 0.4) is 0 Å².